The van der Waals surface area contributed by atoms with Crippen LogP contribution in [0, 0.1) is 11.3 Å². The van der Waals surface area contributed by atoms with Crippen LogP contribution in [0.1, 0.15) is 33.1 Å². The second-order valence-electron chi connectivity index (χ2n) is 4.94. The van der Waals surface area contributed by atoms with E-state index in [9.17, 15) is 9.59 Å². The van der Waals surface area contributed by atoms with Gasteiger partial charge in [-0.05, 0) is 32.6 Å². The molecule has 0 radical (unpaired) electrons. The maximum absolute atomic E-state index is 11.5. The highest BCUT2D eigenvalue weighted by molar-refractivity contribution is 5.78. The summed E-state index contributed by atoms with van der Waals surface area (Å²) in [4.78, 5) is 22.3. The topological polar surface area (TPSA) is 66.4 Å². The summed E-state index contributed by atoms with van der Waals surface area (Å²) in [5.74, 6) is -0.632. The molecular formula is C12H19NO3. The molecule has 90 valence electrons. The predicted molar refractivity (Wildman–Crippen MR) is 60.9 cm³/mol. The molecule has 1 atom stereocenters. The highest BCUT2D eigenvalue weighted by Crippen LogP contribution is 2.20. The van der Waals surface area contributed by atoms with Gasteiger partial charge in [-0.3, -0.25) is 9.59 Å². The lowest BCUT2D eigenvalue weighted by Gasteiger charge is -2.19. The monoisotopic (exact) mass is 225 g/mol. The smallest absolute Gasteiger partial charge is 0.310 e. The quantitative estimate of drug-likeness (QED) is 0.698. The van der Waals surface area contributed by atoms with Crippen molar-refractivity contribution in [2.45, 2.75) is 33.1 Å². The molecule has 0 spiro atoms. The second kappa shape index (κ2) is 5.14. The minimum atomic E-state index is -0.902. The van der Waals surface area contributed by atoms with Crippen molar-refractivity contribution < 1.29 is 14.7 Å². The first kappa shape index (κ1) is 12.7. The zero-order valence-corrected chi connectivity index (χ0v) is 9.82. The Morgan fingerprint density at radius 2 is 2.19 bits per heavy atom. The van der Waals surface area contributed by atoms with Crippen LogP contribution in [0.4, 0.5) is 0 Å². The van der Waals surface area contributed by atoms with Gasteiger partial charge in [0.05, 0.1) is 5.41 Å². The Labute approximate surface area is 95.7 Å². The summed E-state index contributed by atoms with van der Waals surface area (Å²) in [6, 6.07) is 0. The molecule has 1 aliphatic carbocycles. The molecule has 1 unspecified atom stereocenters. The standard InChI is InChI=1S/C12H19NO3/c1-12(2,11(15)16)8-13-10(14)7-9-5-3-4-6-9/h3,5,9H,4,6-8H2,1-2H3,(H,13,14)(H,15,16). The van der Waals surface area contributed by atoms with Gasteiger partial charge in [-0.2, -0.15) is 0 Å². The maximum Gasteiger partial charge on any atom is 0.310 e. The van der Waals surface area contributed by atoms with Crippen molar-refractivity contribution in [1.29, 1.82) is 0 Å². The molecule has 0 aliphatic heterocycles. The number of allylic oxidation sites excluding steroid dienone is 2. The number of nitrogens with one attached hydrogen (secondary N) is 1. The average molecular weight is 225 g/mol. The molecule has 0 heterocycles. The van der Waals surface area contributed by atoms with Gasteiger partial charge in [-0.15, -0.1) is 0 Å². The van der Waals surface area contributed by atoms with Crippen molar-refractivity contribution in [2.75, 3.05) is 6.54 Å². The van der Waals surface area contributed by atoms with Gasteiger partial charge >= 0.3 is 5.97 Å². The van der Waals surface area contributed by atoms with Crippen molar-refractivity contribution in [3.63, 3.8) is 0 Å². The van der Waals surface area contributed by atoms with Crippen molar-refractivity contribution >= 4 is 11.9 Å². The largest absolute Gasteiger partial charge is 0.481 e. The number of hydrogen-bond acceptors (Lipinski definition) is 2. The number of carbonyl (C=O) groups is 2. The molecule has 1 aliphatic rings. The van der Waals surface area contributed by atoms with Crippen molar-refractivity contribution in [3.05, 3.63) is 12.2 Å². The van der Waals surface area contributed by atoms with E-state index in [2.05, 4.69) is 17.5 Å². The van der Waals surface area contributed by atoms with E-state index in [1.807, 2.05) is 0 Å². The summed E-state index contributed by atoms with van der Waals surface area (Å²) in [5.41, 5.74) is -0.902. The third-order valence-corrected chi connectivity index (χ3v) is 2.87. The number of carbonyl (C=O) groups excluding carboxylic acids is 1. The fourth-order valence-corrected chi connectivity index (χ4v) is 1.57. The molecule has 2 N–H and O–H groups in total. The highest BCUT2D eigenvalue weighted by Gasteiger charge is 2.27. The molecule has 0 saturated heterocycles. The van der Waals surface area contributed by atoms with Gasteiger partial charge < -0.3 is 10.4 Å². The van der Waals surface area contributed by atoms with E-state index in [0.717, 1.165) is 12.8 Å². The van der Waals surface area contributed by atoms with Gasteiger partial charge in [0.15, 0.2) is 0 Å². The fraction of sp³-hybridized carbons (Fsp3) is 0.667. The van der Waals surface area contributed by atoms with Crippen LogP contribution >= 0.6 is 0 Å². The molecule has 1 amide bonds. The predicted octanol–water partition coefficient (Wildman–Crippen LogP) is 1.57. The number of aliphatic carboxylic acids is 1. The molecule has 0 aromatic heterocycles. The van der Waals surface area contributed by atoms with Gasteiger partial charge in [-0.1, -0.05) is 12.2 Å². The lowest BCUT2D eigenvalue weighted by atomic mass is 9.93. The van der Waals surface area contributed by atoms with E-state index in [-0.39, 0.29) is 12.5 Å². The summed E-state index contributed by atoms with van der Waals surface area (Å²) in [6.07, 6.45) is 6.67. The average Bonchev–Trinajstić information content (AvgIpc) is 2.67. The van der Waals surface area contributed by atoms with Crippen LogP contribution in [0.25, 0.3) is 0 Å². The zero-order chi connectivity index (χ0) is 12.2. The fourth-order valence-electron chi connectivity index (χ4n) is 1.57. The van der Waals surface area contributed by atoms with E-state index in [4.69, 9.17) is 5.11 Å². The van der Waals surface area contributed by atoms with Gasteiger partial charge in [0.2, 0.25) is 5.91 Å². The summed E-state index contributed by atoms with van der Waals surface area (Å²) in [6.45, 7) is 3.38. The molecule has 0 bridgehead atoms. The Hall–Kier alpha value is -1.32. The van der Waals surface area contributed by atoms with E-state index >= 15 is 0 Å². The molecule has 4 heteroatoms. The molecule has 16 heavy (non-hydrogen) atoms. The number of carboxylic acid groups (broad SMARTS) is 1. The first-order chi connectivity index (χ1) is 7.42. The summed E-state index contributed by atoms with van der Waals surface area (Å²) in [7, 11) is 0. The minimum Gasteiger partial charge on any atom is -0.481 e. The molecular weight excluding hydrogens is 206 g/mol. The zero-order valence-electron chi connectivity index (χ0n) is 9.82. The number of hydrogen-bond donors (Lipinski definition) is 2. The van der Waals surface area contributed by atoms with Crippen LogP contribution < -0.4 is 5.32 Å². The first-order valence-electron chi connectivity index (χ1n) is 5.58. The first-order valence-corrected chi connectivity index (χ1v) is 5.58. The Balaban J connectivity index is 2.29. The Morgan fingerprint density at radius 1 is 1.50 bits per heavy atom. The minimum absolute atomic E-state index is 0.0640. The summed E-state index contributed by atoms with van der Waals surface area (Å²) < 4.78 is 0. The van der Waals surface area contributed by atoms with Crippen LogP contribution in [-0.2, 0) is 9.59 Å². The second-order valence-corrected chi connectivity index (χ2v) is 4.94. The number of carboxylic acids is 1. The molecule has 0 aromatic rings. The van der Waals surface area contributed by atoms with Crippen LogP contribution in [0.5, 0.6) is 0 Å². The summed E-state index contributed by atoms with van der Waals surface area (Å²) in [5, 5.41) is 11.6. The summed E-state index contributed by atoms with van der Waals surface area (Å²) >= 11 is 0. The third kappa shape index (κ3) is 3.68. The van der Waals surface area contributed by atoms with Crippen LogP contribution in [0.15, 0.2) is 12.2 Å². The van der Waals surface area contributed by atoms with E-state index in [0.29, 0.717) is 12.3 Å². The van der Waals surface area contributed by atoms with Crippen molar-refractivity contribution in [3.8, 4) is 0 Å². The Bertz CT molecular complexity index is 307. The van der Waals surface area contributed by atoms with Crippen LogP contribution in [0.3, 0.4) is 0 Å². The Morgan fingerprint density at radius 3 is 2.69 bits per heavy atom. The molecule has 0 saturated carbocycles. The molecule has 0 fully saturated rings. The van der Waals surface area contributed by atoms with Gasteiger partial charge in [-0.25, -0.2) is 0 Å². The van der Waals surface area contributed by atoms with Gasteiger partial charge in [0, 0.05) is 13.0 Å². The normalized spacial score (nSPS) is 19.8. The lowest BCUT2D eigenvalue weighted by molar-refractivity contribution is -0.146. The third-order valence-electron chi connectivity index (χ3n) is 2.87. The van der Waals surface area contributed by atoms with E-state index < -0.39 is 11.4 Å². The maximum atomic E-state index is 11.5. The Kier molecular flexibility index (Phi) is 4.10. The van der Waals surface area contributed by atoms with E-state index in [1.165, 1.54) is 0 Å². The SMILES string of the molecule is CC(C)(CNC(=O)CC1C=CCC1)C(=O)O. The highest BCUT2D eigenvalue weighted by atomic mass is 16.4. The number of amides is 1. The van der Waals surface area contributed by atoms with E-state index in [1.54, 1.807) is 13.8 Å². The van der Waals surface area contributed by atoms with Crippen LogP contribution in [-0.4, -0.2) is 23.5 Å². The molecule has 1 rings (SSSR count). The van der Waals surface area contributed by atoms with Crippen molar-refractivity contribution in [2.24, 2.45) is 11.3 Å². The van der Waals surface area contributed by atoms with Gasteiger partial charge in [0.25, 0.3) is 0 Å². The van der Waals surface area contributed by atoms with Gasteiger partial charge in [0.1, 0.15) is 0 Å². The molecule has 4 nitrogen and oxygen atoms in total. The lowest BCUT2D eigenvalue weighted by Crippen LogP contribution is -2.39. The number of rotatable bonds is 5. The van der Waals surface area contributed by atoms with Crippen molar-refractivity contribution in [1.82, 2.24) is 5.32 Å². The molecule has 0 aromatic carbocycles. The van der Waals surface area contributed by atoms with Crippen LogP contribution in [0.2, 0.25) is 0 Å².